The third kappa shape index (κ3) is 4.71. The predicted octanol–water partition coefficient (Wildman–Crippen LogP) is 3.54. The summed E-state index contributed by atoms with van der Waals surface area (Å²) in [6, 6.07) is 0. The third-order valence-electron chi connectivity index (χ3n) is 5.59. The number of aliphatic hydroxyl groups excluding tert-OH is 1. The highest BCUT2D eigenvalue weighted by molar-refractivity contribution is 4.79. The molecule has 1 N–H and O–H groups in total. The molecule has 1 atom stereocenters. The minimum atomic E-state index is -0.0899. The van der Waals surface area contributed by atoms with Gasteiger partial charge in [-0.15, -0.1) is 0 Å². The SMILES string of the molecule is COC1CCC(CCC(O)C2CCC(OC)CC2)CC1. The zero-order valence-electron chi connectivity index (χ0n) is 13.2. The fourth-order valence-electron chi connectivity index (χ4n) is 4.01. The quantitative estimate of drug-likeness (QED) is 0.811. The van der Waals surface area contributed by atoms with Gasteiger partial charge in [0, 0.05) is 14.2 Å². The smallest absolute Gasteiger partial charge is 0.0571 e. The molecular weight excluding hydrogens is 252 g/mol. The molecule has 3 heteroatoms. The molecule has 0 aliphatic heterocycles. The summed E-state index contributed by atoms with van der Waals surface area (Å²) in [7, 11) is 3.63. The number of aliphatic hydroxyl groups is 1. The monoisotopic (exact) mass is 284 g/mol. The second-order valence-corrected chi connectivity index (χ2v) is 6.80. The van der Waals surface area contributed by atoms with Gasteiger partial charge in [-0.2, -0.15) is 0 Å². The molecule has 2 aliphatic rings. The van der Waals surface area contributed by atoms with Gasteiger partial charge >= 0.3 is 0 Å². The number of hydrogen-bond acceptors (Lipinski definition) is 3. The van der Waals surface area contributed by atoms with Crippen molar-refractivity contribution < 1.29 is 14.6 Å². The standard InChI is InChI=1S/C17H32O3/c1-19-15-8-3-13(4-9-15)5-12-17(18)14-6-10-16(20-2)11-7-14/h13-18H,3-12H2,1-2H3. The van der Waals surface area contributed by atoms with E-state index < -0.39 is 0 Å². The van der Waals surface area contributed by atoms with E-state index in [1.165, 1.54) is 32.1 Å². The lowest BCUT2D eigenvalue weighted by Gasteiger charge is -2.32. The van der Waals surface area contributed by atoms with Crippen LogP contribution >= 0.6 is 0 Å². The van der Waals surface area contributed by atoms with Gasteiger partial charge in [0.1, 0.15) is 0 Å². The van der Waals surface area contributed by atoms with Gasteiger partial charge in [0.15, 0.2) is 0 Å². The van der Waals surface area contributed by atoms with E-state index in [9.17, 15) is 5.11 Å². The maximum atomic E-state index is 10.4. The molecule has 0 aromatic heterocycles. The molecule has 0 aromatic carbocycles. The summed E-state index contributed by atoms with van der Waals surface area (Å²) >= 11 is 0. The molecule has 0 aromatic rings. The highest BCUT2D eigenvalue weighted by Crippen LogP contribution is 2.33. The number of methoxy groups -OCH3 is 2. The molecule has 2 fully saturated rings. The molecule has 0 spiro atoms. The minimum absolute atomic E-state index is 0.0899. The average molecular weight is 284 g/mol. The van der Waals surface area contributed by atoms with Crippen molar-refractivity contribution in [2.75, 3.05) is 14.2 Å². The van der Waals surface area contributed by atoms with Crippen molar-refractivity contribution in [1.29, 1.82) is 0 Å². The van der Waals surface area contributed by atoms with Crippen LogP contribution < -0.4 is 0 Å². The van der Waals surface area contributed by atoms with Crippen LogP contribution in [0, 0.1) is 11.8 Å². The molecule has 0 radical (unpaired) electrons. The molecule has 2 rings (SSSR count). The minimum Gasteiger partial charge on any atom is -0.393 e. The van der Waals surface area contributed by atoms with Crippen LogP contribution in [-0.2, 0) is 9.47 Å². The Bertz CT molecular complexity index is 253. The van der Waals surface area contributed by atoms with E-state index in [1.54, 1.807) is 7.11 Å². The molecule has 0 heterocycles. The molecule has 2 aliphatic carbocycles. The van der Waals surface area contributed by atoms with E-state index in [-0.39, 0.29) is 6.10 Å². The number of ether oxygens (including phenoxy) is 2. The van der Waals surface area contributed by atoms with E-state index >= 15 is 0 Å². The van der Waals surface area contributed by atoms with Crippen molar-refractivity contribution in [1.82, 2.24) is 0 Å². The molecule has 1 unspecified atom stereocenters. The molecule has 0 saturated heterocycles. The van der Waals surface area contributed by atoms with Crippen molar-refractivity contribution in [3.05, 3.63) is 0 Å². The van der Waals surface area contributed by atoms with Crippen LogP contribution in [-0.4, -0.2) is 37.6 Å². The van der Waals surface area contributed by atoms with Crippen LogP contribution in [0.2, 0.25) is 0 Å². The summed E-state index contributed by atoms with van der Waals surface area (Å²) in [6.45, 7) is 0. The summed E-state index contributed by atoms with van der Waals surface area (Å²) in [5.74, 6) is 1.32. The van der Waals surface area contributed by atoms with Crippen molar-refractivity contribution >= 4 is 0 Å². The first-order chi connectivity index (χ1) is 9.72. The maximum absolute atomic E-state index is 10.4. The molecule has 0 amide bonds. The Morgan fingerprint density at radius 3 is 1.85 bits per heavy atom. The Morgan fingerprint density at radius 1 is 0.850 bits per heavy atom. The Labute approximate surface area is 124 Å². The van der Waals surface area contributed by atoms with Crippen LogP contribution in [0.15, 0.2) is 0 Å². The zero-order valence-corrected chi connectivity index (χ0v) is 13.2. The summed E-state index contributed by atoms with van der Waals surface area (Å²) in [4.78, 5) is 0. The summed E-state index contributed by atoms with van der Waals surface area (Å²) < 4.78 is 10.8. The van der Waals surface area contributed by atoms with E-state index in [4.69, 9.17) is 9.47 Å². The second-order valence-electron chi connectivity index (χ2n) is 6.80. The predicted molar refractivity (Wildman–Crippen MR) is 80.8 cm³/mol. The van der Waals surface area contributed by atoms with Crippen LogP contribution in [0.25, 0.3) is 0 Å². The third-order valence-corrected chi connectivity index (χ3v) is 5.59. The zero-order chi connectivity index (χ0) is 14.4. The van der Waals surface area contributed by atoms with Crippen LogP contribution in [0.5, 0.6) is 0 Å². The highest BCUT2D eigenvalue weighted by Gasteiger charge is 2.27. The van der Waals surface area contributed by atoms with Crippen molar-refractivity contribution in [2.24, 2.45) is 11.8 Å². The van der Waals surface area contributed by atoms with Gasteiger partial charge in [0.05, 0.1) is 18.3 Å². The summed E-state index contributed by atoms with van der Waals surface area (Å²) in [5.41, 5.74) is 0. The van der Waals surface area contributed by atoms with Gasteiger partial charge in [-0.05, 0) is 76.0 Å². The first-order valence-corrected chi connectivity index (χ1v) is 8.46. The van der Waals surface area contributed by atoms with E-state index in [0.717, 1.165) is 38.0 Å². The normalized spacial score (nSPS) is 36.8. The highest BCUT2D eigenvalue weighted by atomic mass is 16.5. The van der Waals surface area contributed by atoms with E-state index in [0.29, 0.717) is 18.1 Å². The van der Waals surface area contributed by atoms with Crippen molar-refractivity contribution in [3.8, 4) is 0 Å². The molecule has 118 valence electrons. The van der Waals surface area contributed by atoms with Gasteiger partial charge in [0.25, 0.3) is 0 Å². The lowest BCUT2D eigenvalue weighted by atomic mass is 9.79. The summed E-state index contributed by atoms with van der Waals surface area (Å²) in [5, 5.41) is 10.4. The fraction of sp³-hybridized carbons (Fsp3) is 1.00. The Morgan fingerprint density at radius 2 is 1.35 bits per heavy atom. The molecular formula is C17H32O3. The van der Waals surface area contributed by atoms with Crippen molar-refractivity contribution in [3.63, 3.8) is 0 Å². The van der Waals surface area contributed by atoms with Crippen molar-refractivity contribution in [2.45, 2.75) is 82.5 Å². The molecule has 3 nitrogen and oxygen atoms in total. The molecule has 0 bridgehead atoms. The Hall–Kier alpha value is -0.120. The lowest BCUT2D eigenvalue weighted by molar-refractivity contribution is 0.0115. The van der Waals surface area contributed by atoms with Gasteiger partial charge in [0.2, 0.25) is 0 Å². The molecule has 20 heavy (non-hydrogen) atoms. The van der Waals surface area contributed by atoms with Gasteiger partial charge in [-0.25, -0.2) is 0 Å². The first-order valence-electron chi connectivity index (χ1n) is 8.46. The first kappa shape index (κ1) is 16.3. The largest absolute Gasteiger partial charge is 0.393 e. The van der Waals surface area contributed by atoms with Crippen LogP contribution in [0.1, 0.15) is 64.2 Å². The number of rotatable bonds is 6. The van der Waals surface area contributed by atoms with Gasteiger partial charge in [-0.1, -0.05) is 0 Å². The van der Waals surface area contributed by atoms with Gasteiger partial charge in [-0.3, -0.25) is 0 Å². The average Bonchev–Trinajstić information content (AvgIpc) is 2.53. The number of hydrogen-bond donors (Lipinski definition) is 1. The van der Waals surface area contributed by atoms with Crippen LogP contribution in [0.3, 0.4) is 0 Å². The topological polar surface area (TPSA) is 38.7 Å². The second kappa shape index (κ2) is 8.35. The Balaban J connectivity index is 1.62. The van der Waals surface area contributed by atoms with E-state index in [1.807, 2.05) is 7.11 Å². The fourth-order valence-corrected chi connectivity index (χ4v) is 4.01. The maximum Gasteiger partial charge on any atom is 0.0571 e. The Kier molecular flexibility index (Phi) is 6.79. The lowest BCUT2D eigenvalue weighted by Crippen LogP contribution is -2.29. The van der Waals surface area contributed by atoms with E-state index in [2.05, 4.69) is 0 Å². The molecule has 2 saturated carbocycles. The van der Waals surface area contributed by atoms with Crippen LogP contribution in [0.4, 0.5) is 0 Å². The van der Waals surface area contributed by atoms with Gasteiger partial charge < -0.3 is 14.6 Å². The summed E-state index contributed by atoms with van der Waals surface area (Å²) in [6.07, 6.45) is 12.5.